The fourth-order valence-corrected chi connectivity index (χ4v) is 3.60. The van der Waals surface area contributed by atoms with Crippen LogP contribution in [0.5, 0.6) is 11.6 Å². The van der Waals surface area contributed by atoms with E-state index < -0.39 is 56.0 Å². The van der Waals surface area contributed by atoms with E-state index in [1.165, 1.54) is 0 Å². The number of aliphatic hydroxyl groups is 1. The Balaban J connectivity index is 2.17. The van der Waals surface area contributed by atoms with Gasteiger partial charge < -0.3 is 9.84 Å². The van der Waals surface area contributed by atoms with Gasteiger partial charge in [-0.25, -0.2) is 26.6 Å². The summed E-state index contributed by atoms with van der Waals surface area (Å²) in [6.07, 6.45) is -5.19. The second-order valence-electron chi connectivity index (χ2n) is 5.71. The van der Waals surface area contributed by atoms with Gasteiger partial charge in [0.05, 0.1) is 22.1 Å². The van der Waals surface area contributed by atoms with Crippen LogP contribution in [-0.4, -0.2) is 30.9 Å². The number of hydrogen-bond acceptors (Lipinski definition) is 6. The van der Waals surface area contributed by atoms with Gasteiger partial charge in [0.25, 0.3) is 0 Å². The van der Waals surface area contributed by atoms with Crippen molar-refractivity contribution in [2.75, 3.05) is 6.26 Å². The number of aromatic nitrogens is 1. The van der Waals surface area contributed by atoms with E-state index >= 15 is 0 Å². The summed E-state index contributed by atoms with van der Waals surface area (Å²) in [4.78, 5) is 3.17. The van der Waals surface area contributed by atoms with Gasteiger partial charge in [-0.15, -0.1) is 0 Å². The van der Waals surface area contributed by atoms with E-state index in [9.17, 15) is 26.7 Å². The first-order chi connectivity index (χ1) is 12.1. The average Bonchev–Trinajstić information content (AvgIpc) is 2.79. The normalized spacial score (nSPS) is 21.9. The number of nitriles is 1. The molecule has 0 fully saturated rings. The molecule has 0 unspecified atom stereocenters. The number of benzene rings is 1. The Morgan fingerprint density at radius 2 is 1.96 bits per heavy atom. The fourth-order valence-electron chi connectivity index (χ4n) is 2.73. The van der Waals surface area contributed by atoms with E-state index in [-0.39, 0.29) is 11.3 Å². The van der Waals surface area contributed by atoms with Gasteiger partial charge in [0, 0.05) is 24.1 Å². The predicted molar refractivity (Wildman–Crippen MR) is 82.2 cm³/mol. The van der Waals surface area contributed by atoms with Crippen LogP contribution >= 0.6 is 0 Å². The molecule has 2 aromatic rings. The van der Waals surface area contributed by atoms with Crippen LogP contribution in [0, 0.1) is 17.1 Å². The van der Waals surface area contributed by atoms with E-state index in [2.05, 4.69) is 4.98 Å². The van der Waals surface area contributed by atoms with Gasteiger partial charge in [-0.2, -0.15) is 5.26 Å². The Hall–Kier alpha value is -2.64. The molecule has 0 radical (unpaired) electrons. The predicted octanol–water partition coefficient (Wildman–Crippen LogP) is 2.68. The molecule has 1 N–H and O–H groups in total. The van der Waals surface area contributed by atoms with Gasteiger partial charge in [-0.1, -0.05) is 0 Å². The van der Waals surface area contributed by atoms with Gasteiger partial charge in [0.1, 0.15) is 17.7 Å². The third-order valence-electron chi connectivity index (χ3n) is 3.85. The molecule has 0 amide bonds. The number of pyridine rings is 1. The van der Waals surface area contributed by atoms with Crippen molar-refractivity contribution in [3.63, 3.8) is 0 Å². The minimum atomic E-state index is -3.93. The van der Waals surface area contributed by atoms with Gasteiger partial charge in [0.2, 0.25) is 5.88 Å². The zero-order valence-electron chi connectivity index (χ0n) is 13.1. The lowest BCUT2D eigenvalue weighted by Crippen LogP contribution is -2.11. The molecule has 0 aliphatic heterocycles. The Kier molecular flexibility index (Phi) is 4.37. The van der Waals surface area contributed by atoms with Crippen LogP contribution in [0.4, 0.5) is 13.2 Å². The van der Waals surface area contributed by atoms with Crippen LogP contribution in [-0.2, 0) is 9.84 Å². The van der Waals surface area contributed by atoms with Crippen molar-refractivity contribution in [1.82, 2.24) is 4.98 Å². The van der Waals surface area contributed by atoms with Crippen molar-refractivity contribution in [2.24, 2.45) is 0 Å². The van der Waals surface area contributed by atoms with Crippen molar-refractivity contribution >= 4 is 9.84 Å². The first-order valence-electron chi connectivity index (χ1n) is 7.21. The van der Waals surface area contributed by atoms with Crippen molar-refractivity contribution in [3.05, 3.63) is 46.9 Å². The Morgan fingerprint density at radius 1 is 1.27 bits per heavy atom. The standard InChI is InChI=1S/C16H11F3N2O4S/c1-26(23,24)10-6-21-16(12-11(10)15(22)14(19)13(12)18)25-9-3-7(5-20)2-8(17)4-9/h2-4,6,13-15,22H,1H3/t13-,14-,15+/m1/s1. The van der Waals surface area contributed by atoms with Crippen molar-refractivity contribution in [3.8, 4) is 17.7 Å². The molecule has 1 aromatic carbocycles. The molecule has 3 rings (SSSR count). The lowest BCUT2D eigenvalue weighted by Gasteiger charge is -2.13. The second-order valence-corrected chi connectivity index (χ2v) is 7.69. The lowest BCUT2D eigenvalue weighted by atomic mass is 10.1. The van der Waals surface area contributed by atoms with Gasteiger partial charge in [0.15, 0.2) is 22.2 Å². The summed E-state index contributed by atoms with van der Waals surface area (Å²) in [6, 6.07) is 4.69. The number of hydrogen-bond donors (Lipinski definition) is 1. The molecule has 0 bridgehead atoms. The molecule has 1 heterocycles. The second kappa shape index (κ2) is 6.26. The third-order valence-corrected chi connectivity index (χ3v) is 4.98. The number of alkyl halides is 2. The molecule has 6 nitrogen and oxygen atoms in total. The van der Waals surface area contributed by atoms with Crippen LogP contribution < -0.4 is 4.74 Å². The van der Waals surface area contributed by atoms with E-state index in [1.54, 1.807) is 6.07 Å². The molecule has 1 aliphatic carbocycles. The van der Waals surface area contributed by atoms with Crippen molar-refractivity contribution in [1.29, 1.82) is 5.26 Å². The number of ether oxygens (including phenoxy) is 1. The van der Waals surface area contributed by atoms with Crippen LogP contribution in [0.15, 0.2) is 29.3 Å². The van der Waals surface area contributed by atoms with Gasteiger partial charge in [-0.3, -0.25) is 0 Å². The first-order valence-corrected chi connectivity index (χ1v) is 9.10. The zero-order chi connectivity index (χ0) is 19.2. The van der Waals surface area contributed by atoms with Crippen LogP contribution in [0.25, 0.3) is 0 Å². The van der Waals surface area contributed by atoms with E-state index in [0.717, 1.165) is 30.7 Å². The minimum absolute atomic E-state index is 0.0791. The molecule has 10 heteroatoms. The summed E-state index contributed by atoms with van der Waals surface area (Å²) in [7, 11) is -3.93. The molecular formula is C16H11F3N2O4S. The maximum Gasteiger partial charge on any atom is 0.225 e. The number of rotatable bonds is 3. The largest absolute Gasteiger partial charge is 0.438 e. The monoisotopic (exact) mass is 384 g/mol. The highest BCUT2D eigenvalue weighted by Crippen LogP contribution is 2.49. The molecule has 1 aliphatic rings. The highest BCUT2D eigenvalue weighted by atomic mass is 32.2. The summed E-state index contributed by atoms with van der Waals surface area (Å²) in [5.41, 5.74) is -1.12. The Labute approximate surface area is 146 Å². The minimum Gasteiger partial charge on any atom is -0.438 e. The highest BCUT2D eigenvalue weighted by molar-refractivity contribution is 7.90. The molecule has 0 saturated heterocycles. The fraction of sp³-hybridized carbons (Fsp3) is 0.250. The number of halogens is 3. The molecular weight excluding hydrogens is 373 g/mol. The summed E-state index contributed by atoms with van der Waals surface area (Å²) in [5.74, 6) is -1.54. The molecule has 3 atom stereocenters. The topological polar surface area (TPSA) is 100 Å². The van der Waals surface area contributed by atoms with Crippen LogP contribution in [0.3, 0.4) is 0 Å². The van der Waals surface area contributed by atoms with E-state index in [0.29, 0.717) is 0 Å². The molecule has 136 valence electrons. The summed E-state index contributed by atoms with van der Waals surface area (Å²) in [6.45, 7) is 0. The van der Waals surface area contributed by atoms with E-state index in [1.807, 2.05) is 0 Å². The molecule has 26 heavy (non-hydrogen) atoms. The maximum absolute atomic E-state index is 14.3. The Morgan fingerprint density at radius 3 is 2.58 bits per heavy atom. The zero-order valence-corrected chi connectivity index (χ0v) is 14.0. The van der Waals surface area contributed by atoms with Gasteiger partial charge >= 0.3 is 0 Å². The smallest absolute Gasteiger partial charge is 0.225 e. The SMILES string of the molecule is CS(=O)(=O)c1cnc(Oc2cc(F)cc(C#N)c2)c2c1[C@H](O)[C@H](F)[C@@H]2F. The quantitative estimate of drug-likeness (QED) is 0.873. The van der Waals surface area contributed by atoms with Gasteiger partial charge in [-0.05, 0) is 12.1 Å². The van der Waals surface area contributed by atoms with E-state index in [4.69, 9.17) is 10.00 Å². The summed E-state index contributed by atoms with van der Waals surface area (Å²) >= 11 is 0. The summed E-state index contributed by atoms with van der Waals surface area (Å²) < 4.78 is 70.7. The first kappa shape index (κ1) is 18.2. The Bertz CT molecular complexity index is 1040. The summed E-state index contributed by atoms with van der Waals surface area (Å²) in [5, 5.41) is 18.8. The highest BCUT2D eigenvalue weighted by Gasteiger charge is 2.46. The third kappa shape index (κ3) is 3.00. The number of sulfone groups is 1. The molecule has 0 spiro atoms. The van der Waals surface area contributed by atoms with Crippen LogP contribution in [0.2, 0.25) is 0 Å². The van der Waals surface area contributed by atoms with Crippen LogP contribution in [0.1, 0.15) is 29.0 Å². The average molecular weight is 384 g/mol. The molecule has 1 aromatic heterocycles. The molecule has 0 saturated carbocycles. The number of nitrogens with zero attached hydrogens (tertiary/aromatic N) is 2. The maximum atomic E-state index is 14.3. The number of fused-ring (bicyclic) bond motifs is 1. The number of aliphatic hydroxyl groups excluding tert-OH is 1. The van der Waals surface area contributed by atoms with Crippen molar-refractivity contribution in [2.45, 2.75) is 23.3 Å². The van der Waals surface area contributed by atoms with Crippen molar-refractivity contribution < 1.29 is 31.4 Å². The lowest BCUT2D eigenvalue weighted by molar-refractivity contribution is 0.0454.